The summed E-state index contributed by atoms with van der Waals surface area (Å²) in [6.07, 6.45) is 2.87. The first kappa shape index (κ1) is 11.5. The fourth-order valence-electron chi connectivity index (χ4n) is 1.56. The average Bonchev–Trinajstić information content (AvgIpc) is 2.98. The van der Waals surface area contributed by atoms with Crippen LogP contribution in [-0.4, -0.2) is 39.8 Å². The molecule has 0 spiro atoms. The molecule has 90 valence electrons. The molecular formula is C11H19N3O2. The normalized spacial score (nSPS) is 18.0. The van der Waals surface area contributed by atoms with E-state index in [1.807, 2.05) is 7.05 Å². The fourth-order valence-corrected chi connectivity index (χ4v) is 1.56. The van der Waals surface area contributed by atoms with E-state index in [-0.39, 0.29) is 6.10 Å². The Balaban J connectivity index is 1.78. The maximum Gasteiger partial charge on any atom is 0.229 e. The number of hydrogen-bond acceptors (Lipinski definition) is 5. The molecule has 0 aromatic carbocycles. The lowest BCUT2D eigenvalue weighted by molar-refractivity contribution is 0.161. The number of nitrogens with zero attached hydrogens (tertiary/aromatic N) is 3. The summed E-state index contributed by atoms with van der Waals surface area (Å²) >= 11 is 0. The Labute approximate surface area is 95.4 Å². The van der Waals surface area contributed by atoms with Gasteiger partial charge in [0, 0.05) is 12.5 Å². The minimum absolute atomic E-state index is 0.255. The van der Waals surface area contributed by atoms with Crippen molar-refractivity contribution in [1.82, 2.24) is 15.0 Å². The molecule has 1 aromatic rings. The maximum atomic E-state index is 9.18. The molecule has 1 saturated carbocycles. The Kier molecular flexibility index (Phi) is 3.56. The van der Waals surface area contributed by atoms with Crippen LogP contribution in [0.4, 0.5) is 0 Å². The van der Waals surface area contributed by atoms with Gasteiger partial charge in [-0.25, -0.2) is 0 Å². The van der Waals surface area contributed by atoms with Gasteiger partial charge in [0.1, 0.15) is 0 Å². The van der Waals surface area contributed by atoms with Gasteiger partial charge < -0.3 is 9.63 Å². The molecule has 0 saturated heterocycles. The third-order valence-corrected chi connectivity index (χ3v) is 2.75. The summed E-state index contributed by atoms with van der Waals surface area (Å²) in [5, 5.41) is 13.1. The van der Waals surface area contributed by atoms with Crippen LogP contribution in [0.5, 0.6) is 0 Å². The lowest BCUT2D eigenvalue weighted by Gasteiger charge is -2.14. The van der Waals surface area contributed by atoms with E-state index in [0.29, 0.717) is 12.5 Å². The first-order valence-corrected chi connectivity index (χ1v) is 5.84. The Morgan fingerprint density at radius 3 is 2.94 bits per heavy atom. The van der Waals surface area contributed by atoms with Crippen LogP contribution in [0.15, 0.2) is 4.52 Å². The molecule has 1 aliphatic carbocycles. The van der Waals surface area contributed by atoms with Crippen molar-refractivity contribution in [2.75, 3.05) is 13.6 Å². The molecule has 5 nitrogen and oxygen atoms in total. The van der Waals surface area contributed by atoms with Gasteiger partial charge in [-0.3, -0.25) is 4.90 Å². The molecule has 0 radical (unpaired) electrons. The molecule has 0 bridgehead atoms. The van der Waals surface area contributed by atoms with Gasteiger partial charge in [0.25, 0.3) is 0 Å². The predicted molar refractivity (Wildman–Crippen MR) is 58.9 cm³/mol. The first-order chi connectivity index (χ1) is 7.65. The van der Waals surface area contributed by atoms with E-state index in [1.165, 1.54) is 12.8 Å². The van der Waals surface area contributed by atoms with E-state index in [9.17, 15) is 5.11 Å². The molecule has 1 fully saturated rings. The number of aromatic nitrogens is 2. The fraction of sp³-hybridized carbons (Fsp3) is 0.818. The summed E-state index contributed by atoms with van der Waals surface area (Å²) in [4.78, 5) is 6.45. The molecule has 0 aliphatic heterocycles. The lowest BCUT2D eigenvalue weighted by Crippen LogP contribution is -2.22. The Morgan fingerprint density at radius 1 is 1.56 bits per heavy atom. The molecule has 1 aromatic heterocycles. The molecule has 1 atom stereocenters. The van der Waals surface area contributed by atoms with Crippen LogP contribution >= 0.6 is 0 Å². The number of aliphatic hydroxyl groups is 1. The summed E-state index contributed by atoms with van der Waals surface area (Å²) in [5.74, 6) is 2.05. The third-order valence-electron chi connectivity index (χ3n) is 2.75. The van der Waals surface area contributed by atoms with E-state index in [0.717, 1.165) is 24.7 Å². The topological polar surface area (TPSA) is 62.4 Å². The molecule has 2 rings (SSSR count). The minimum atomic E-state index is -0.255. The van der Waals surface area contributed by atoms with Crippen molar-refractivity contribution in [1.29, 1.82) is 0 Å². The Bertz CT molecular complexity index is 334. The quantitative estimate of drug-likeness (QED) is 0.787. The van der Waals surface area contributed by atoms with Crippen LogP contribution in [0.3, 0.4) is 0 Å². The molecular weight excluding hydrogens is 206 g/mol. The zero-order valence-electron chi connectivity index (χ0n) is 9.89. The molecule has 1 aliphatic rings. The van der Waals surface area contributed by atoms with E-state index in [1.54, 1.807) is 6.92 Å². The summed E-state index contributed by atoms with van der Waals surface area (Å²) in [7, 11) is 2.00. The summed E-state index contributed by atoms with van der Waals surface area (Å²) in [6, 6.07) is 0. The van der Waals surface area contributed by atoms with Gasteiger partial charge >= 0.3 is 0 Å². The standard InChI is InChI=1S/C11H19N3O2/c1-8(15)5-6-14(2)7-10-12-11(16-13-10)9-3-4-9/h8-9,15H,3-7H2,1-2H3. The van der Waals surface area contributed by atoms with E-state index in [2.05, 4.69) is 15.0 Å². The van der Waals surface area contributed by atoms with Crippen molar-refractivity contribution in [3.63, 3.8) is 0 Å². The highest BCUT2D eigenvalue weighted by atomic mass is 16.5. The van der Waals surface area contributed by atoms with Crippen molar-refractivity contribution in [3.05, 3.63) is 11.7 Å². The monoisotopic (exact) mass is 225 g/mol. The molecule has 5 heteroatoms. The second-order valence-corrected chi connectivity index (χ2v) is 4.70. The van der Waals surface area contributed by atoms with Crippen molar-refractivity contribution < 1.29 is 9.63 Å². The largest absolute Gasteiger partial charge is 0.393 e. The summed E-state index contributed by atoms with van der Waals surface area (Å²) in [6.45, 7) is 3.32. The smallest absolute Gasteiger partial charge is 0.229 e. The highest BCUT2D eigenvalue weighted by Crippen LogP contribution is 2.38. The number of hydrogen-bond donors (Lipinski definition) is 1. The highest BCUT2D eigenvalue weighted by Gasteiger charge is 2.29. The molecule has 1 heterocycles. The second kappa shape index (κ2) is 4.93. The highest BCUT2D eigenvalue weighted by molar-refractivity contribution is 5.01. The Hall–Kier alpha value is -0.940. The molecule has 0 amide bonds. The van der Waals surface area contributed by atoms with Crippen LogP contribution in [0, 0.1) is 0 Å². The third kappa shape index (κ3) is 3.28. The predicted octanol–water partition coefficient (Wildman–Crippen LogP) is 1.15. The van der Waals surface area contributed by atoms with Crippen molar-refractivity contribution in [3.8, 4) is 0 Å². The van der Waals surface area contributed by atoms with Gasteiger partial charge in [0.05, 0.1) is 12.6 Å². The number of aliphatic hydroxyl groups excluding tert-OH is 1. The second-order valence-electron chi connectivity index (χ2n) is 4.70. The van der Waals surface area contributed by atoms with Crippen molar-refractivity contribution >= 4 is 0 Å². The first-order valence-electron chi connectivity index (χ1n) is 5.84. The minimum Gasteiger partial charge on any atom is -0.393 e. The van der Waals surface area contributed by atoms with Crippen molar-refractivity contribution in [2.45, 2.75) is 44.8 Å². The SMILES string of the molecule is CC(O)CCN(C)Cc1noc(C2CC2)n1. The van der Waals surface area contributed by atoms with Gasteiger partial charge in [-0.2, -0.15) is 4.98 Å². The zero-order chi connectivity index (χ0) is 11.5. The van der Waals surface area contributed by atoms with Crippen molar-refractivity contribution in [2.24, 2.45) is 0 Å². The number of rotatable bonds is 6. The average molecular weight is 225 g/mol. The Morgan fingerprint density at radius 2 is 2.31 bits per heavy atom. The van der Waals surface area contributed by atoms with Crippen LogP contribution in [0.25, 0.3) is 0 Å². The van der Waals surface area contributed by atoms with Crippen LogP contribution in [0.2, 0.25) is 0 Å². The molecule has 1 N–H and O–H groups in total. The lowest BCUT2D eigenvalue weighted by atomic mass is 10.3. The summed E-state index contributed by atoms with van der Waals surface area (Å²) < 4.78 is 5.18. The van der Waals surface area contributed by atoms with Gasteiger partial charge in [0.2, 0.25) is 5.89 Å². The summed E-state index contributed by atoms with van der Waals surface area (Å²) in [5.41, 5.74) is 0. The van der Waals surface area contributed by atoms with Crippen LogP contribution < -0.4 is 0 Å². The van der Waals surface area contributed by atoms with E-state index in [4.69, 9.17) is 4.52 Å². The van der Waals surface area contributed by atoms with E-state index < -0.39 is 0 Å². The van der Waals surface area contributed by atoms with Gasteiger partial charge in [0.15, 0.2) is 5.82 Å². The van der Waals surface area contributed by atoms with Crippen LogP contribution in [-0.2, 0) is 6.54 Å². The maximum absolute atomic E-state index is 9.18. The molecule has 1 unspecified atom stereocenters. The zero-order valence-corrected chi connectivity index (χ0v) is 9.89. The van der Waals surface area contributed by atoms with Gasteiger partial charge in [-0.1, -0.05) is 5.16 Å². The van der Waals surface area contributed by atoms with Gasteiger partial charge in [-0.15, -0.1) is 0 Å². The van der Waals surface area contributed by atoms with E-state index >= 15 is 0 Å². The van der Waals surface area contributed by atoms with Crippen LogP contribution in [0.1, 0.15) is 43.8 Å². The molecule has 16 heavy (non-hydrogen) atoms. The van der Waals surface area contributed by atoms with Gasteiger partial charge in [-0.05, 0) is 33.2 Å².